The van der Waals surface area contributed by atoms with Gasteiger partial charge in [-0.05, 0) is 24.3 Å². The van der Waals surface area contributed by atoms with Gasteiger partial charge in [-0.1, -0.05) is 18.2 Å². The number of carbonyl (C=O) groups excluding carboxylic acids is 1. The number of nitrogens with one attached hydrogen (secondary N) is 1. The number of aldehydes is 1. The second-order valence-electron chi connectivity index (χ2n) is 4.40. The highest BCUT2D eigenvalue weighted by Crippen LogP contribution is 2.21. The van der Waals surface area contributed by atoms with Crippen molar-refractivity contribution in [3.05, 3.63) is 60.6 Å². The van der Waals surface area contributed by atoms with E-state index in [1.165, 1.54) is 6.20 Å². The van der Waals surface area contributed by atoms with Crippen LogP contribution in [0.15, 0.2) is 59.1 Å². The largest absolute Gasteiger partial charge is 0.508 e. The van der Waals surface area contributed by atoms with Crippen molar-refractivity contribution in [3.63, 3.8) is 0 Å². The molecular formula is C16H12N2O3. The summed E-state index contributed by atoms with van der Waals surface area (Å²) in [5.74, 6) is 0.391. The molecule has 1 aromatic heterocycles. The van der Waals surface area contributed by atoms with Gasteiger partial charge in [-0.25, -0.2) is 4.98 Å². The van der Waals surface area contributed by atoms with Crippen molar-refractivity contribution < 1.29 is 14.3 Å². The molecule has 0 fully saturated rings. The van der Waals surface area contributed by atoms with E-state index in [-0.39, 0.29) is 17.2 Å². The van der Waals surface area contributed by atoms with Crippen LogP contribution in [0.25, 0.3) is 16.7 Å². The summed E-state index contributed by atoms with van der Waals surface area (Å²) in [6.45, 7) is 0. The Balaban J connectivity index is 1.90. The van der Waals surface area contributed by atoms with Gasteiger partial charge in [0.15, 0.2) is 11.9 Å². The third-order valence-electron chi connectivity index (χ3n) is 2.91. The first-order valence-corrected chi connectivity index (χ1v) is 6.33. The molecule has 0 amide bonds. The molecule has 0 aliphatic rings. The Morgan fingerprint density at radius 2 is 2.05 bits per heavy atom. The Morgan fingerprint density at radius 1 is 1.19 bits per heavy atom. The maximum Gasteiger partial charge on any atom is 0.232 e. The van der Waals surface area contributed by atoms with Gasteiger partial charge < -0.3 is 14.8 Å². The molecule has 0 bridgehead atoms. The minimum absolute atomic E-state index is 0.142. The fourth-order valence-corrected chi connectivity index (χ4v) is 1.90. The molecular weight excluding hydrogens is 268 g/mol. The SMILES string of the molecule is O=CC(=CNc1cccc(O)c1)c1nc2ccccc2o1. The predicted molar refractivity (Wildman–Crippen MR) is 79.8 cm³/mol. The molecule has 5 nitrogen and oxygen atoms in total. The van der Waals surface area contributed by atoms with Gasteiger partial charge in [-0.2, -0.15) is 0 Å². The van der Waals surface area contributed by atoms with Crippen molar-refractivity contribution >= 4 is 28.6 Å². The average Bonchev–Trinajstić information content (AvgIpc) is 2.91. The van der Waals surface area contributed by atoms with Crippen LogP contribution in [0.3, 0.4) is 0 Å². The van der Waals surface area contributed by atoms with Crippen molar-refractivity contribution in [1.29, 1.82) is 0 Å². The van der Waals surface area contributed by atoms with Crippen LogP contribution in [0.4, 0.5) is 5.69 Å². The van der Waals surface area contributed by atoms with Gasteiger partial charge in [0.2, 0.25) is 5.89 Å². The lowest BCUT2D eigenvalue weighted by molar-refractivity contribution is -0.103. The first-order chi connectivity index (χ1) is 10.3. The van der Waals surface area contributed by atoms with Crippen LogP contribution in [0, 0.1) is 0 Å². The summed E-state index contributed by atoms with van der Waals surface area (Å²) in [6.07, 6.45) is 2.16. The zero-order valence-corrected chi connectivity index (χ0v) is 11.0. The molecule has 0 unspecified atom stereocenters. The first kappa shape index (κ1) is 12.9. The summed E-state index contributed by atoms with van der Waals surface area (Å²) in [5, 5.41) is 12.3. The zero-order valence-electron chi connectivity index (χ0n) is 11.0. The summed E-state index contributed by atoms with van der Waals surface area (Å²) in [7, 11) is 0. The quantitative estimate of drug-likeness (QED) is 0.567. The number of oxazole rings is 1. The number of phenolic OH excluding ortho intramolecular Hbond substituents is 1. The monoisotopic (exact) mass is 280 g/mol. The molecule has 3 rings (SSSR count). The number of rotatable bonds is 4. The number of aromatic nitrogens is 1. The van der Waals surface area contributed by atoms with Crippen LogP contribution in [0.5, 0.6) is 5.75 Å². The highest BCUT2D eigenvalue weighted by Gasteiger charge is 2.09. The molecule has 0 saturated carbocycles. The standard InChI is InChI=1S/C16H12N2O3/c19-10-11(9-17-12-4-3-5-13(20)8-12)16-18-14-6-1-2-7-15(14)21-16/h1-10,17,20H. The van der Waals surface area contributed by atoms with Crippen LogP contribution in [-0.2, 0) is 4.79 Å². The minimum atomic E-state index is 0.142. The van der Waals surface area contributed by atoms with Gasteiger partial charge in [0.25, 0.3) is 0 Å². The summed E-state index contributed by atoms with van der Waals surface area (Å²) in [6, 6.07) is 13.9. The number of benzene rings is 2. The summed E-state index contributed by atoms with van der Waals surface area (Å²) in [4.78, 5) is 15.5. The molecule has 0 aliphatic heterocycles. The lowest BCUT2D eigenvalue weighted by atomic mass is 10.3. The number of para-hydroxylation sites is 2. The van der Waals surface area contributed by atoms with Gasteiger partial charge in [0.1, 0.15) is 11.3 Å². The van der Waals surface area contributed by atoms with Crippen molar-refractivity contribution in [1.82, 2.24) is 4.98 Å². The normalized spacial score (nSPS) is 11.5. The number of nitrogens with zero attached hydrogens (tertiary/aromatic N) is 1. The Kier molecular flexibility index (Phi) is 3.39. The van der Waals surface area contributed by atoms with E-state index in [0.717, 1.165) is 0 Å². The molecule has 1 heterocycles. The fourth-order valence-electron chi connectivity index (χ4n) is 1.90. The van der Waals surface area contributed by atoms with E-state index < -0.39 is 0 Å². The molecule has 21 heavy (non-hydrogen) atoms. The third kappa shape index (κ3) is 2.76. The zero-order chi connectivity index (χ0) is 14.7. The Labute approximate surface area is 120 Å². The van der Waals surface area contributed by atoms with E-state index in [1.807, 2.05) is 18.2 Å². The number of hydrogen-bond donors (Lipinski definition) is 2. The van der Waals surface area contributed by atoms with Crippen molar-refractivity contribution in [2.45, 2.75) is 0 Å². The van der Waals surface area contributed by atoms with Crippen LogP contribution in [-0.4, -0.2) is 16.4 Å². The topological polar surface area (TPSA) is 75.4 Å². The first-order valence-electron chi connectivity index (χ1n) is 6.33. The Hall–Kier alpha value is -3.08. The van der Waals surface area contributed by atoms with Crippen molar-refractivity contribution in [2.24, 2.45) is 0 Å². The van der Waals surface area contributed by atoms with E-state index in [2.05, 4.69) is 10.3 Å². The molecule has 0 spiro atoms. The number of phenols is 1. The van der Waals surface area contributed by atoms with E-state index in [0.29, 0.717) is 23.1 Å². The molecule has 0 radical (unpaired) electrons. The highest BCUT2D eigenvalue weighted by atomic mass is 16.3. The summed E-state index contributed by atoms with van der Waals surface area (Å²) < 4.78 is 5.53. The van der Waals surface area contributed by atoms with E-state index in [9.17, 15) is 9.90 Å². The van der Waals surface area contributed by atoms with Crippen LogP contribution in [0.2, 0.25) is 0 Å². The smallest absolute Gasteiger partial charge is 0.232 e. The maximum absolute atomic E-state index is 11.2. The fraction of sp³-hybridized carbons (Fsp3) is 0. The van der Waals surface area contributed by atoms with Crippen molar-refractivity contribution in [2.75, 3.05) is 5.32 Å². The molecule has 5 heteroatoms. The second-order valence-corrected chi connectivity index (χ2v) is 4.40. The van der Waals surface area contributed by atoms with Crippen LogP contribution < -0.4 is 5.32 Å². The molecule has 3 aromatic rings. The molecule has 0 atom stereocenters. The van der Waals surface area contributed by atoms with Crippen molar-refractivity contribution in [3.8, 4) is 5.75 Å². The lowest BCUT2D eigenvalue weighted by Gasteiger charge is -2.01. The van der Waals surface area contributed by atoms with E-state index in [1.54, 1.807) is 30.3 Å². The van der Waals surface area contributed by atoms with E-state index in [4.69, 9.17) is 4.42 Å². The Morgan fingerprint density at radius 3 is 2.81 bits per heavy atom. The summed E-state index contributed by atoms with van der Waals surface area (Å²) in [5.41, 5.74) is 2.26. The number of carbonyl (C=O) groups is 1. The minimum Gasteiger partial charge on any atom is -0.508 e. The number of anilines is 1. The molecule has 104 valence electrons. The molecule has 0 saturated heterocycles. The van der Waals surface area contributed by atoms with Gasteiger partial charge >= 0.3 is 0 Å². The Bertz CT molecular complexity index is 788. The van der Waals surface area contributed by atoms with Gasteiger partial charge in [-0.15, -0.1) is 0 Å². The number of allylic oxidation sites excluding steroid dienone is 1. The van der Waals surface area contributed by atoms with Gasteiger partial charge in [0.05, 0.1) is 5.57 Å². The maximum atomic E-state index is 11.2. The average molecular weight is 280 g/mol. The highest BCUT2D eigenvalue weighted by molar-refractivity contribution is 6.06. The number of fused-ring (bicyclic) bond motifs is 1. The molecule has 2 aromatic carbocycles. The van der Waals surface area contributed by atoms with Gasteiger partial charge in [-0.3, -0.25) is 4.79 Å². The molecule has 2 N–H and O–H groups in total. The van der Waals surface area contributed by atoms with Crippen LogP contribution >= 0.6 is 0 Å². The number of aromatic hydroxyl groups is 1. The number of hydrogen-bond acceptors (Lipinski definition) is 5. The predicted octanol–water partition coefficient (Wildman–Crippen LogP) is 3.19. The summed E-state index contributed by atoms with van der Waals surface area (Å²) >= 11 is 0. The van der Waals surface area contributed by atoms with Crippen LogP contribution in [0.1, 0.15) is 5.89 Å². The van der Waals surface area contributed by atoms with Gasteiger partial charge in [0, 0.05) is 18.0 Å². The lowest BCUT2D eigenvalue weighted by Crippen LogP contribution is -1.93. The van der Waals surface area contributed by atoms with E-state index >= 15 is 0 Å². The molecule has 0 aliphatic carbocycles. The third-order valence-corrected chi connectivity index (χ3v) is 2.91. The second kappa shape index (κ2) is 5.50.